The van der Waals surface area contributed by atoms with E-state index in [9.17, 15) is 14.4 Å². The Morgan fingerprint density at radius 3 is 2.88 bits per heavy atom. The molecule has 0 aliphatic carbocycles. The number of esters is 1. The minimum Gasteiger partial charge on any atom is -0.461 e. The normalized spacial score (nSPS) is 10.7. The molecule has 26 heavy (non-hydrogen) atoms. The van der Waals surface area contributed by atoms with Gasteiger partial charge in [0, 0.05) is 5.69 Å². The van der Waals surface area contributed by atoms with Crippen molar-refractivity contribution in [2.45, 2.75) is 20.4 Å². The monoisotopic (exact) mass is 356 g/mol. The highest BCUT2D eigenvalue weighted by atomic mass is 16.5. The third-order valence-corrected chi connectivity index (χ3v) is 3.55. The van der Waals surface area contributed by atoms with Gasteiger partial charge in [0.1, 0.15) is 18.3 Å². The SMILES string of the molecule is CCOC(=O)c1noc2ncn(CC(=O)Nc3cccc(C)c3)c(=O)c12. The lowest BCUT2D eigenvalue weighted by Gasteiger charge is -2.07. The first-order chi connectivity index (χ1) is 12.5. The van der Waals surface area contributed by atoms with Crippen molar-refractivity contribution in [3.8, 4) is 0 Å². The Morgan fingerprint density at radius 2 is 2.15 bits per heavy atom. The summed E-state index contributed by atoms with van der Waals surface area (Å²) >= 11 is 0. The number of hydrogen-bond donors (Lipinski definition) is 1. The van der Waals surface area contributed by atoms with Gasteiger partial charge in [-0.2, -0.15) is 0 Å². The number of nitrogens with zero attached hydrogens (tertiary/aromatic N) is 3. The van der Waals surface area contributed by atoms with Crippen LogP contribution in [0.4, 0.5) is 5.69 Å². The molecule has 0 saturated heterocycles. The van der Waals surface area contributed by atoms with Crippen LogP contribution in [0.5, 0.6) is 0 Å². The summed E-state index contributed by atoms with van der Waals surface area (Å²) in [5.41, 5.74) is 0.653. The van der Waals surface area contributed by atoms with E-state index in [1.807, 2.05) is 19.1 Å². The van der Waals surface area contributed by atoms with Crippen LogP contribution in [0.25, 0.3) is 11.1 Å². The number of aryl methyl sites for hydroxylation is 1. The lowest BCUT2D eigenvalue weighted by Crippen LogP contribution is -2.28. The van der Waals surface area contributed by atoms with Crippen LogP contribution in [-0.4, -0.2) is 33.2 Å². The van der Waals surface area contributed by atoms with Crippen LogP contribution < -0.4 is 10.9 Å². The molecule has 3 rings (SSSR count). The van der Waals surface area contributed by atoms with Crippen LogP contribution in [0, 0.1) is 6.92 Å². The minimum atomic E-state index is -0.785. The second-order valence-electron chi connectivity index (χ2n) is 5.53. The molecule has 0 bridgehead atoms. The van der Waals surface area contributed by atoms with Crippen molar-refractivity contribution in [2.24, 2.45) is 0 Å². The van der Waals surface area contributed by atoms with Gasteiger partial charge in [0.2, 0.25) is 11.6 Å². The molecular formula is C17H16N4O5. The molecule has 2 aromatic heterocycles. The van der Waals surface area contributed by atoms with Crippen molar-refractivity contribution in [1.29, 1.82) is 0 Å². The number of rotatable bonds is 5. The largest absolute Gasteiger partial charge is 0.461 e. The van der Waals surface area contributed by atoms with Crippen molar-refractivity contribution in [1.82, 2.24) is 14.7 Å². The van der Waals surface area contributed by atoms with E-state index in [0.29, 0.717) is 5.69 Å². The van der Waals surface area contributed by atoms with Crippen LogP contribution in [-0.2, 0) is 16.1 Å². The van der Waals surface area contributed by atoms with Crippen molar-refractivity contribution in [3.63, 3.8) is 0 Å². The van der Waals surface area contributed by atoms with Crippen LogP contribution in [0.15, 0.2) is 39.9 Å². The number of benzene rings is 1. The van der Waals surface area contributed by atoms with E-state index in [1.54, 1.807) is 19.1 Å². The molecule has 0 aliphatic rings. The maximum Gasteiger partial charge on any atom is 0.361 e. The van der Waals surface area contributed by atoms with Crippen LogP contribution >= 0.6 is 0 Å². The molecule has 134 valence electrons. The van der Waals surface area contributed by atoms with Crippen molar-refractivity contribution >= 4 is 28.7 Å². The fourth-order valence-corrected chi connectivity index (χ4v) is 2.41. The summed E-state index contributed by atoms with van der Waals surface area (Å²) in [6.45, 7) is 3.39. The smallest absolute Gasteiger partial charge is 0.361 e. The Hall–Kier alpha value is -3.49. The molecule has 9 heteroatoms. The Labute approximate surface area is 147 Å². The molecule has 1 N–H and O–H groups in total. The predicted molar refractivity (Wildman–Crippen MR) is 91.8 cm³/mol. The summed E-state index contributed by atoms with van der Waals surface area (Å²) in [7, 11) is 0. The lowest BCUT2D eigenvalue weighted by molar-refractivity contribution is -0.116. The van der Waals surface area contributed by atoms with Crippen LogP contribution in [0.2, 0.25) is 0 Å². The summed E-state index contributed by atoms with van der Waals surface area (Å²) in [4.78, 5) is 40.6. The second kappa shape index (κ2) is 7.18. The average molecular weight is 356 g/mol. The fraction of sp³-hybridized carbons (Fsp3) is 0.235. The molecule has 0 fully saturated rings. The average Bonchev–Trinajstić information content (AvgIpc) is 3.02. The van der Waals surface area contributed by atoms with E-state index in [4.69, 9.17) is 9.26 Å². The highest BCUT2D eigenvalue weighted by Crippen LogP contribution is 2.13. The molecule has 0 aliphatic heterocycles. The Kier molecular flexibility index (Phi) is 4.78. The summed E-state index contributed by atoms with van der Waals surface area (Å²) in [6.07, 6.45) is 1.17. The van der Waals surface area contributed by atoms with Gasteiger partial charge in [0.05, 0.1) is 6.61 Å². The number of ether oxygens (including phenoxy) is 1. The van der Waals surface area contributed by atoms with Gasteiger partial charge in [-0.05, 0) is 31.5 Å². The first-order valence-electron chi connectivity index (χ1n) is 7.88. The molecular weight excluding hydrogens is 340 g/mol. The van der Waals surface area contributed by atoms with Crippen LogP contribution in [0.1, 0.15) is 23.0 Å². The summed E-state index contributed by atoms with van der Waals surface area (Å²) in [5.74, 6) is -1.19. The minimum absolute atomic E-state index is 0.0894. The molecule has 1 aromatic carbocycles. The lowest BCUT2D eigenvalue weighted by atomic mass is 10.2. The van der Waals surface area contributed by atoms with E-state index < -0.39 is 17.4 Å². The summed E-state index contributed by atoms with van der Waals surface area (Å²) in [5, 5.41) is 6.13. The topological polar surface area (TPSA) is 116 Å². The molecule has 0 radical (unpaired) electrons. The first-order valence-corrected chi connectivity index (χ1v) is 7.88. The third-order valence-electron chi connectivity index (χ3n) is 3.55. The maximum atomic E-state index is 12.6. The Balaban J connectivity index is 1.87. The third kappa shape index (κ3) is 3.46. The van der Waals surface area contributed by atoms with Gasteiger partial charge in [-0.1, -0.05) is 17.3 Å². The van der Waals surface area contributed by atoms with Gasteiger partial charge in [-0.3, -0.25) is 14.2 Å². The number of carbonyl (C=O) groups excluding carboxylic acids is 2. The maximum absolute atomic E-state index is 12.6. The van der Waals surface area contributed by atoms with Crippen molar-refractivity contribution < 1.29 is 18.8 Å². The van der Waals surface area contributed by atoms with Gasteiger partial charge in [-0.15, -0.1) is 0 Å². The Bertz CT molecular complexity index is 1040. The molecule has 0 atom stereocenters. The van der Waals surface area contributed by atoms with Gasteiger partial charge in [0.15, 0.2) is 0 Å². The number of aromatic nitrogens is 3. The number of carbonyl (C=O) groups is 2. The quantitative estimate of drug-likeness (QED) is 0.689. The van der Waals surface area contributed by atoms with E-state index in [-0.39, 0.29) is 29.9 Å². The van der Waals surface area contributed by atoms with Gasteiger partial charge >= 0.3 is 5.97 Å². The van der Waals surface area contributed by atoms with E-state index >= 15 is 0 Å². The standard InChI is InChI=1S/C17H16N4O5/c1-3-25-17(24)14-13-15(26-20-14)18-9-21(16(13)23)8-12(22)19-11-6-4-5-10(2)7-11/h4-7,9H,3,8H2,1-2H3,(H,19,22). The number of fused-ring (bicyclic) bond motifs is 1. The molecule has 0 spiro atoms. The zero-order valence-electron chi connectivity index (χ0n) is 14.2. The van der Waals surface area contributed by atoms with E-state index in [2.05, 4.69) is 15.5 Å². The van der Waals surface area contributed by atoms with Gasteiger partial charge < -0.3 is 14.6 Å². The first kappa shape index (κ1) is 17.3. The molecule has 9 nitrogen and oxygen atoms in total. The van der Waals surface area contributed by atoms with Gasteiger partial charge in [-0.25, -0.2) is 9.78 Å². The van der Waals surface area contributed by atoms with E-state index in [0.717, 1.165) is 10.1 Å². The van der Waals surface area contributed by atoms with Gasteiger partial charge in [0.25, 0.3) is 11.3 Å². The van der Waals surface area contributed by atoms with Crippen LogP contribution in [0.3, 0.4) is 0 Å². The molecule has 0 unspecified atom stereocenters. The molecule has 0 saturated carbocycles. The number of hydrogen-bond acceptors (Lipinski definition) is 7. The van der Waals surface area contributed by atoms with E-state index in [1.165, 1.54) is 6.33 Å². The zero-order valence-corrected chi connectivity index (χ0v) is 14.2. The number of amides is 1. The number of anilines is 1. The summed E-state index contributed by atoms with van der Waals surface area (Å²) in [6, 6.07) is 7.27. The van der Waals surface area contributed by atoms with Crippen molar-refractivity contribution in [3.05, 3.63) is 52.2 Å². The molecule has 3 aromatic rings. The second-order valence-corrected chi connectivity index (χ2v) is 5.53. The fourth-order valence-electron chi connectivity index (χ4n) is 2.41. The molecule has 1 amide bonds. The van der Waals surface area contributed by atoms with Crippen molar-refractivity contribution in [2.75, 3.05) is 11.9 Å². The highest BCUT2D eigenvalue weighted by Gasteiger charge is 2.22. The zero-order chi connectivity index (χ0) is 18.7. The highest BCUT2D eigenvalue weighted by molar-refractivity contribution is 5.99. The summed E-state index contributed by atoms with van der Waals surface area (Å²) < 4.78 is 10.8. The predicted octanol–water partition coefficient (Wildman–Crippen LogP) is 1.51. The Morgan fingerprint density at radius 1 is 1.35 bits per heavy atom. The molecule has 2 heterocycles. The number of nitrogens with one attached hydrogen (secondary N) is 1.